The van der Waals surface area contributed by atoms with Crippen molar-refractivity contribution in [3.63, 3.8) is 0 Å². The zero-order valence-electron chi connectivity index (χ0n) is 22.8. The SMILES string of the molecule is Cc1ccc2nc(N3CCN(Cc4ccc5c(c4)OCO5)CC3)c(/C=C3\SC(=S)N(CC(C)C)C3=O)c(=O)n2c1. The summed E-state index contributed by atoms with van der Waals surface area (Å²) in [4.78, 5) is 38.6. The number of ether oxygens (including phenoxy) is 2. The standard InChI is InChI=1S/C29H31N5O4S2/c1-18(2)14-34-28(36)24(40-29(34)39)13-21-26(30-25-7-4-19(3)15-33(25)27(21)35)32-10-8-31(9-11-32)16-20-5-6-22-23(12-20)38-17-37-22/h4-7,12-13,15,18H,8-11,14,16-17H2,1-3H3/b24-13-. The maximum absolute atomic E-state index is 13.8. The number of piperazine rings is 1. The quantitative estimate of drug-likeness (QED) is 0.320. The Morgan fingerprint density at radius 3 is 2.62 bits per heavy atom. The maximum atomic E-state index is 13.8. The number of carbonyl (C=O) groups excluding carboxylic acids is 1. The molecule has 2 aromatic heterocycles. The van der Waals surface area contributed by atoms with Crippen LogP contribution in [0.5, 0.6) is 11.5 Å². The van der Waals surface area contributed by atoms with Gasteiger partial charge in [0.1, 0.15) is 15.8 Å². The van der Waals surface area contributed by atoms with E-state index < -0.39 is 0 Å². The molecule has 0 aliphatic carbocycles. The minimum atomic E-state index is -0.194. The van der Waals surface area contributed by atoms with Gasteiger partial charge in [0.25, 0.3) is 11.5 Å². The third-order valence-electron chi connectivity index (χ3n) is 7.20. The summed E-state index contributed by atoms with van der Waals surface area (Å²) in [5, 5.41) is 0. The molecular formula is C29H31N5O4S2. The van der Waals surface area contributed by atoms with Crippen molar-refractivity contribution in [2.24, 2.45) is 5.92 Å². The van der Waals surface area contributed by atoms with Gasteiger partial charge in [0.05, 0.1) is 10.5 Å². The molecule has 5 heterocycles. The first-order valence-electron chi connectivity index (χ1n) is 13.4. The summed E-state index contributed by atoms with van der Waals surface area (Å²) in [7, 11) is 0. The van der Waals surface area contributed by atoms with Crippen LogP contribution < -0.4 is 19.9 Å². The zero-order chi connectivity index (χ0) is 28.0. The molecule has 11 heteroatoms. The van der Waals surface area contributed by atoms with E-state index in [4.69, 9.17) is 26.7 Å². The van der Waals surface area contributed by atoms with E-state index >= 15 is 0 Å². The molecule has 0 atom stereocenters. The summed E-state index contributed by atoms with van der Waals surface area (Å²) >= 11 is 6.75. The first kappa shape index (κ1) is 26.8. The van der Waals surface area contributed by atoms with E-state index in [1.807, 2.05) is 31.2 Å². The molecule has 2 saturated heterocycles. The van der Waals surface area contributed by atoms with Crippen LogP contribution in [0.1, 0.15) is 30.5 Å². The number of rotatable bonds is 6. The molecule has 0 bridgehead atoms. The van der Waals surface area contributed by atoms with Crippen LogP contribution in [-0.4, -0.2) is 68.9 Å². The largest absolute Gasteiger partial charge is 0.454 e. The Hall–Kier alpha value is -3.41. The lowest BCUT2D eigenvalue weighted by Gasteiger charge is -2.36. The normalized spacial score (nSPS) is 18.6. The second-order valence-corrected chi connectivity index (χ2v) is 12.4. The lowest BCUT2D eigenvalue weighted by molar-refractivity contribution is -0.122. The highest BCUT2D eigenvalue weighted by molar-refractivity contribution is 8.26. The van der Waals surface area contributed by atoms with Crippen molar-refractivity contribution in [2.75, 3.05) is 44.4 Å². The molecule has 0 unspecified atom stereocenters. The Kier molecular flexibility index (Phi) is 7.28. The molecule has 3 aliphatic heterocycles. The Balaban J connectivity index is 1.29. The van der Waals surface area contributed by atoms with Crippen molar-refractivity contribution >= 4 is 51.7 Å². The van der Waals surface area contributed by atoms with Crippen LogP contribution in [0.4, 0.5) is 5.82 Å². The smallest absolute Gasteiger partial charge is 0.267 e. The number of aromatic nitrogens is 2. The van der Waals surface area contributed by atoms with Gasteiger partial charge >= 0.3 is 0 Å². The first-order chi connectivity index (χ1) is 19.3. The van der Waals surface area contributed by atoms with Crippen LogP contribution in [-0.2, 0) is 11.3 Å². The van der Waals surface area contributed by atoms with Crippen molar-refractivity contribution < 1.29 is 14.3 Å². The zero-order valence-corrected chi connectivity index (χ0v) is 24.4. The third-order valence-corrected chi connectivity index (χ3v) is 8.57. The number of anilines is 1. The van der Waals surface area contributed by atoms with Gasteiger partial charge in [-0.3, -0.25) is 23.8 Å². The molecule has 0 spiro atoms. The second-order valence-electron chi connectivity index (χ2n) is 10.7. The first-order valence-corrected chi connectivity index (χ1v) is 14.6. The highest BCUT2D eigenvalue weighted by Crippen LogP contribution is 2.35. The maximum Gasteiger partial charge on any atom is 0.267 e. The van der Waals surface area contributed by atoms with Gasteiger partial charge < -0.3 is 14.4 Å². The lowest BCUT2D eigenvalue weighted by atomic mass is 10.1. The van der Waals surface area contributed by atoms with E-state index in [0.29, 0.717) is 45.9 Å². The number of thioether (sulfide) groups is 1. The molecule has 2 fully saturated rings. The number of nitrogens with zero attached hydrogens (tertiary/aromatic N) is 5. The summed E-state index contributed by atoms with van der Waals surface area (Å²) in [6.45, 7) is 10.7. The predicted molar refractivity (Wildman–Crippen MR) is 161 cm³/mol. The monoisotopic (exact) mass is 577 g/mol. The molecule has 3 aliphatic rings. The van der Waals surface area contributed by atoms with E-state index in [-0.39, 0.29) is 24.2 Å². The average molecular weight is 578 g/mol. The number of aryl methyl sites for hydroxylation is 1. The van der Waals surface area contributed by atoms with E-state index in [0.717, 1.165) is 36.7 Å². The molecule has 208 valence electrons. The molecule has 0 saturated carbocycles. The fourth-order valence-electron chi connectivity index (χ4n) is 5.18. The van der Waals surface area contributed by atoms with Gasteiger partial charge in [0, 0.05) is 45.5 Å². The molecule has 0 radical (unpaired) electrons. The second kappa shape index (κ2) is 10.9. The summed E-state index contributed by atoms with van der Waals surface area (Å²) in [6, 6.07) is 9.88. The summed E-state index contributed by atoms with van der Waals surface area (Å²) < 4.78 is 13.1. The third kappa shape index (κ3) is 5.21. The molecule has 40 heavy (non-hydrogen) atoms. The fourth-order valence-corrected chi connectivity index (χ4v) is 6.44. The minimum absolute atomic E-state index is 0.156. The molecule has 6 rings (SSSR count). The van der Waals surface area contributed by atoms with E-state index in [1.165, 1.54) is 17.3 Å². The van der Waals surface area contributed by atoms with Gasteiger partial charge in [-0.15, -0.1) is 0 Å². The average Bonchev–Trinajstić information content (AvgIpc) is 3.50. The van der Waals surface area contributed by atoms with Gasteiger partial charge in [-0.2, -0.15) is 0 Å². The molecule has 9 nitrogen and oxygen atoms in total. The van der Waals surface area contributed by atoms with Crippen molar-refractivity contribution in [1.82, 2.24) is 19.2 Å². The number of hydrogen-bond donors (Lipinski definition) is 0. The van der Waals surface area contributed by atoms with E-state index in [1.54, 1.807) is 21.6 Å². The van der Waals surface area contributed by atoms with Crippen molar-refractivity contribution in [2.45, 2.75) is 27.3 Å². The number of benzene rings is 1. The van der Waals surface area contributed by atoms with Crippen LogP contribution in [0.2, 0.25) is 0 Å². The Bertz CT molecular complexity index is 1590. The highest BCUT2D eigenvalue weighted by atomic mass is 32.2. The molecule has 1 aromatic carbocycles. The van der Waals surface area contributed by atoms with Gasteiger partial charge in [-0.25, -0.2) is 4.98 Å². The van der Waals surface area contributed by atoms with Crippen LogP contribution in [0.15, 0.2) is 46.2 Å². The van der Waals surface area contributed by atoms with Gasteiger partial charge in [-0.1, -0.05) is 50.0 Å². The van der Waals surface area contributed by atoms with Crippen LogP contribution in [0, 0.1) is 12.8 Å². The number of fused-ring (bicyclic) bond motifs is 2. The Morgan fingerprint density at radius 1 is 1.07 bits per heavy atom. The van der Waals surface area contributed by atoms with Crippen molar-refractivity contribution in [1.29, 1.82) is 0 Å². The topological polar surface area (TPSA) is 79.6 Å². The highest BCUT2D eigenvalue weighted by Gasteiger charge is 2.33. The Labute approximate surface area is 242 Å². The minimum Gasteiger partial charge on any atom is -0.454 e. The van der Waals surface area contributed by atoms with Crippen LogP contribution in [0.3, 0.4) is 0 Å². The molecule has 3 aromatic rings. The summed E-state index contributed by atoms with van der Waals surface area (Å²) in [6.07, 6.45) is 3.48. The van der Waals surface area contributed by atoms with E-state index in [9.17, 15) is 9.59 Å². The Morgan fingerprint density at radius 2 is 1.85 bits per heavy atom. The number of pyridine rings is 1. The van der Waals surface area contributed by atoms with Crippen LogP contribution >= 0.6 is 24.0 Å². The lowest BCUT2D eigenvalue weighted by Crippen LogP contribution is -2.47. The van der Waals surface area contributed by atoms with Crippen LogP contribution in [0.25, 0.3) is 11.7 Å². The van der Waals surface area contributed by atoms with Gasteiger partial charge in [0.2, 0.25) is 6.79 Å². The summed E-state index contributed by atoms with van der Waals surface area (Å²) in [5.74, 6) is 2.30. The molecule has 0 N–H and O–H groups in total. The number of thiocarbonyl (C=S) groups is 1. The number of amides is 1. The van der Waals surface area contributed by atoms with E-state index in [2.05, 4.69) is 29.7 Å². The summed E-state index contributed by atoms with van der Waals surface area (Å²) in [5.41, 5.74) is 2.92. The number of hydrogen-bond acceptors (Lipinski definition) is 9. The fraction of sp³-hybridized carbons (Fsp3) is 0.379. The number of carbonyl (C=O) groups is 1. The molecule has 1 amide bonds. The predicted octanol–water partition coefficient (Wildman–Crippen LogP) is 3.91. The van der Waals surface area contributed by atoms with Gasteiger partial charge in [-0.05, 0) is 48.2 Å². The van der Waals surface area contributed by atoms with Crippen molar-refractivity contribution in [3.8, 4) is 11.5 Å². The van der Waals surface area contributed by atoms with Gasteiger partial charge in [0.15, 0.2) is 11.5 Å². The van der Waals surface area contributed by atoms with Crippen molar-refractivity contribution in [3.05, 3.63) is 68.5 Å². The molecular weight excluding hydrogens is 546 g/mol.